The molecule has 0 radical (unpaired) electrons. The molecule has 1 heterocycles. The first-order chi connectivity index (χ1) is 4.33. The Morgan fingerprint density at radius 2 is 2.67 bits per heavy atom. The molecule has 0 saturated carbocycles. The monoisotopic (exact) mass is 126 g/mol. The first-order valence-corrected chi connectivity index (χ1v) is 2.36. The second-order valence-corrected chi connectivity index (χ2v) is 1.56. The van der Waals surface area contributed by atoms with Crippen molar-refractivity contribution in [1.29, 1.82) is 0 Å². The number of hydrogen-bond donors (Lipinski definition) is 1. The summed E-state index contributed by atoms with van der Waals surface area (Å²) < 4.78 is 1.52. The molecule has 1 rings (SSSR count). The van der Waals surface area contributed by atoms with Crippen LogP contribution in [0, 0.1) is 0 Å². The van der Waals surface area contributed by atoms with E-state index in [1.165, 1.54) is 10.9 Å². The average Bonchev–Trinajstić information content (AvgIpc) is 2.17. The van der Waals surface area contributed by atoms with Crippen molar-refractivity contribution in [2.75, 3.05) is 0 Å². The summed E-state index contributed by atoms with van der Waals surface area (Å²) in [5.41, 5.74) is 0.542. The van der Waals surface area contributed by atoms with Crippen LogP contribution in [-0.4, -0.2) is 26.4 Å². The molecule has 48 valence electrons. The minimum absolute atomic E-state index is 0.542. The van der Waals surface area contributed by atoms with Gasteiger partial charge in [-0.3, -0.25) is 4.68 Å². The van der Waals surface area contributed by atoms with Crippen LogP contribution in [-0.2, 0) is 7.05 Å². The zero-order chi connectivity index (χ0) is 6.69. The molecule has 0 aliphatic carbocycles. The third kappa shape index (κ3) is 1.25. The van der Waals surface area contributed by atoms with Gasteiger partial charge in [0.15, 0.2) is 0 Å². The highest BCUT2D eigenvalue weighted by molar-refractivity contribution is 5.75. The quantitative estimate of drug-likeness (QED) is 0.317. The summed E-state index contributed by atoms with van der Waals surface area (Å²) in [5.74, 6) is 0. The number of oxime groups is 1. The lowest BCUT2D eigenvalue weighted by Crippen LogP contribution is -1.85. The van der Waals surface area contributed by atoms with Crippen LogP contribution < -0.4 is 0 Å². The fraction of sp³-hybridized carbons (Fsp3) is 0.250. The van der Waals surface area contributed by atoms with Crippen molar-refractivity contribution in [2.45, 2.75) is 0 Å². The molecule has 0 saturated heterocycles. The number of nitrogens with zero attached hydrogens (tertiary/aromatic N) is 4. The van der Waals surface area contributed by atoms with Crippen LogP contribution in [0.2, 0.25) is 0 Å². The van der Waals surface area contributed by atoms with Gasteiger partial charge in [-0.2, -0.15) is 0 Å². The first-order valence-electron chi connectivity index (χ1n) is 2.36. The Balaban J connectivity index is 2.85. The molecule has 0 atom stereocenters. The Labute approximate surface area is 51.6 Å². The normalized spacial score (nSPS) is 10.8. The van der Waals surface area contributed by atoms with Gasteiger partial charge in [-0.15, -0.1) is 5.10 Å². The topological polar surface area (TPSA) is 63.3 Å². The summed E-state index contributed by atoms with van der Waals surface area (Å²) in [6, 6.07) is 0. The molecule has 5 nitrogen and oxygen atoms in total. The third-order valence-electron chi connectivity index (χ3n) is 0.810. The predicted molar refractivity (Wildman–Crippen MR) is 30.4 cm³/mol. The predicted octanol–water partition coefficient (Wildman–Crippen LogP) is -0.377. The van der Waals surface area contributed by atoms with Gasteiger partial charge < -0.3 is 5.21 Å². The number of aryl methyl sites for hydroxylation is 1. The van der Waals surface area contributed by atoms with Crippen LogP contribution in [0.3, 0.4) is 0 Å². The molecular weight excluding hydrogens is 120 g/mol. The van der Waals surface area contributed by atoms with E-state index in [2.05, 4.69) is 15.5 Å². The van der Waals surface area contributed by atoms with Crippen LogP contribution >= 0.6 is 0 Å². The number of rotatable bonds is 1. The van der Waals surface area contributed by atoms with Gasteiger partial charge >= 0.3 is 0 Å². The Hall–Kier alpha value is -1.39. The second-order valence-electron chi connectivity index (χ2n) is 1.56. The van der Waals surface area contributed by atoms with E-state index >= 15 is 0 Å². The molecule has 9 heavy (non-hydrogen) atoms. The number of hydrogen-bond acceptors (Lipinski definition) is 4. The fourth-order valence-corrected chi connectivity index (χ4v) is 0.484. The smallest absolute Gasteiger partial charge is 0.127 e. The molecule has 0 bridgehead atoms. The van der Waals surface area contributed by atoms with Crippen molar-refractivity contribution < 1.29 is 5.21 Å². The van der Waals surface area contributed by atoms with Gasteiger partial charge in [-0.1, -0.05) is 10.4 Å². The molecule has 0 amide bonds. The molecule has 1 N–H and O–H groups in total. The maximum atomic E-state index is 8.02. The molecule has 0 unspecified atom stereocenters. The minimum Gasteiger partial charge on any atom is -0.411 e. The van der Waals surface area contributed by atoms with E-state index in [0.29, 0.717) is 5.69 Å². The maximum Gasteiger partial charge on any atom is 0.127 e. The molecule has 0 aliphatic rings. The largest absolute Gasteiger partial charge is 0.411 e. The van der Waals surface area contributed by atoms with Crippen LogP contribution in [0.5, 0.6) is 0 Å². The summed E-state index contributed by atoms with van der Waals surface area (Å²) in [7, 11) is 1.74. The van der Waals surface area contributed by atoms with Crippen molar-refractivity contribution in [3.05, 3.63) is 11.9 Å². The lowest BCUT2D eigenvalue weighted by Gasteiger charge is -1.76. The summed E-state index contributed by atoms with van der Waals surface area (Å²) in [6.45, 7) is 0. The third-order valence-corrected chi connectivity index (χ3v) is 0.810. The summed E-state index contributed by atoms with van der Waals surface area (Å²) in [5, 5.41) is 18.0. The molecule has 0 fully saturated rings. The molecule has 1 aromatic heterocycles. The SMILES string of the molecule is Cn1cc(/C=N\O)nn1. The van der Waals surface area contributed by atoms with Gasteiger partial charge in [-0.05, 0) is 0 Å². The van der Waals surface area contributed by atoms with E-state index < -0.39 is 0 Å². The van der Waals surface area contributed by atoms with Gasteiger partial charge in [0.1, 0.15) is 5.69 Å². The van der Waals surface area contributed by atoms with Crippen LogP contribution in [0.15, 0.2) is 11.4 Å². The van der Waals surface area contributed by atoms with E-state index in [-0.39, 0.29) is 0 Å². The van der Waals surface area contributed by atoms with Gasteiger partial charge in [0, 0.05) is 7.05 Å². The van der Waals surface area contributed by atoms with E-state index in [1.54, 1.807) is 13.2 Å². The van der Waals surface area contributed by atoms with Crippen molar-refractivity contribution in [1.82, 2.24) is 15.0 Å². The van der Waals surface area contributed by atoms with Gasteiger partial charge in [-0.25, -0.2) is 0 Å². The fourth-order valence-electron chi connectivity index (χ4n) is 0.484. The van der Waals surface area contributed by atoms with E-state index in [4.69, 9.17) is 5.21 Å². The zero-order valence-corrected chi connectivity index (χ0v) is 4.89. The molecule has 0 aromatic carbocycles. The molecule has 5 heteroatoms. The van der Waals surface area contributed by atoms with Crippen molar-refractivity contribution in [2.24, 2.45) is 12.2 Å². The summed E-state index contributed by atoms with van der Waals surface area (Å²) in [4.78, 5) is 0. The van der Waals surface area contributed by atoms with Gasteiger partial charge in [0.25, 0.3) is 0 Å². The van der Waals surface area contributed by atoms with Gasteiger partial charge in [0.05, 0.1) is 12.4 Å². The Kier molecular flexibility index (Phi) is 1.44. The van der Waals surface area contributed by atoms with Crippen molar-refractivity contribution >= 4 is 6.21 Å². The van der Waals surface area contributed by atoms with E-state index in [9.17, 15) is 0 Å². The maximum absolute atomic E-state index is 8.02. The Morgan fingerprint density at radius 3 is 3.11 bits per heavy atom. The first kappa shape index (κ1) is 5.74. The van der Waals surface area contributed by atoms with Crippen LogP contribution in [0.25, 0.3) is 0 Å². The summed E-state index contributed by atoms with van der Waals surface area (Å²) >= 11 is 0. The van der Waals surface area contributed by atoms with E-state index in [1.807, 2.05) is 0 Å². The Morgan fingerprint density at radius 1 is 1.89 bits per heavy atom. The average molecular weight is 126 g/mol. The highest BCUT2D eigenvalue weighted by Crippen LogP contribution is 1.83. The summed E-state index contributed by atoms with van der Waals surface area (Å²) in [6.07, 6.45) is 2.85. The zero-order valence-electron chi connectivity index (χ0n) is 4.89. The molecule has 1 aromatic rings. The van der Waals surface area contributed by atoms with Gasteiger partial charge in [0.2, 0.25) is 0 Å². The lowest BCUT2D eigenvalue weighted by atomic mass is 10.5. The highest BCUT2D eigenvalue weighted by Gasteiger charge is 1.90. The molecule has 0 spiro atoms. The molecular formula is C4H6N4O. The van der Waals surface area contributed by atoms with Crippen LogP contribution in [0.4, 0.5) is 0 Å². The highest BCUT2D eigenvalue weighted by atomic mass is 16.4. The van der Waals surface area contributed by atoms with Crippen LogP contribution in [0.1, 0.15) is 5.69 Å². The van der Waals surface area contributed by atoms with Crippen molar-refractivity contribution in [3.8, 4) is 0 Å². The van der Waals surface area contributed by atoms with E-state index in [0.717, 1.165) is 0 Å². The van der Waals surface area contributed by atoms with Crippen molar-refractivity contribution in [3.63, 3.8) is 0 Å². The molecule has 0 aliphatic heterocycles. The second kappa shape index (κ2) is 2.25. The standard InChI is InChI=1S/C4H6N4O/c1-8-3-4(2-5-9)6-7-8/h2-3,9H,1H3/b5-2-. The lowest BCUT2D eigenvalue weighted by molar-refractivity contribution is 0.321. The number of aromatic nitrogens is 3. The minimum atomic E-state index is 0.542. The Bertz CT molecular complexity index is 216.